The molecule has 2 aliphatic rings. The second-order valence-corrected chi connectivity index (χ2v) is 5.22. The Morgan fingerprint density at radius 3 is 2.67 bits per heavy atom. The molecular formula is C14H23NO3. The molecule has 1 amide bonds. The first-order valence-electron chi connectivity index (χ1n) is 6.76. The van der Waals surface area contributed by atoms with Crippen LogP contribution in [0.1, 0.15) is 25.7 Å². The molecule has 0 saturated heterocycles. The molecule has 0 heterocycles. The van der Waals surface area contributed by atoms with E-state index in [2.05, 4.69) is 17.5 Å². The summed E-state index contributed by atoms with van der Waals surface area (Å²) in [5.74, 6) is 1.57. The van der Waals surface area contributed by atoms with Crippen molar-refractivity contribution >= 4 is 5.91 Å². The van der Waals surface area contributed by atoms with E-state index in [0.29, 0.717) is 18.4 Å². The number of ether oxygens (including phenoxy) is 2. The Balaban J connectivity index is 1.62. The number of allylic oxidation sites excluding steroid dienone is 2. The van der Waals surface area contributed by atoms with Gasteiger partial charge in [-0.1, -0.05) is 12.2 Å². The Hall–Kier alpha value is -0.870. The summed E-state index contributed by atoms with van der Waals surface area (Å²) in [5.41, 5.74) is 0. The van der Waals surface area contributed by atoms with E-state index < -0.39 is 0 Å². The molecular weight excluding hydrogens is 230 g/mol. The van der Waals surface area contributed by atoms with E-state index in [1.807, 2.05) is 0 Å². The number of hydrogen-bond acceptors (Lipinski definition) is 3. The molecule has 0 aromatic heterocycles. The van der Waals surface area contributed by atoms with Crippen LogP contribution in [0.3, 0.4) is 0 Å². The number of fused-ring (bicyclic) bond motifs is 2. The van der Waals surface area contributed by atoms with Crippen LogP contribution in [-0.2, 0) is 14.3 Å². The van der Waals surface area contributed by atoms with Crippen molar-refractivity contribution in [2.24, 2.45) is 17.8 Å². The third kappa shape index (κ3) is 3.12. The fourth-order valence-electron chi connectivity index (χ4n) is 3.03. The third-order valence-electron chi connectivity index (χ3n) is 4.06. The highest BCUT2D eigenvalue weighted by Gasteiger charge is 2.39. The lowest BCUT2D eigenvalue weighted by molar-refractivity contribution is -0.126. The van der Waals surface area contributed by atoms with Gasteiger partial charge in [0.15, 0.2) is 6.29 Å². The second kappa shape index (κ2) is 6.34. The number of hydrogen-bond donors (Lipinski definition) is 1. The van der Waals surface area contributed by atoms with Crippen LogP contribution >= 0.6 is 0 Å². The maximum absolute atomic E-state index is 12.0. The van der Waals surface area contributed by atoms with E-state index in [1.165, 1.54) is 6.42 Å². The largest absolute Gasteiger partial charge is 0.356 e. The normalized spacial score (nSPS) is 29.2. The molecule has 3 atom stereocenters. The van der Waals surface area contributed by atoms with E-state index in [4.69, 9.17) is 9.47 Å². The van der Waals surface area contributed by atoms with Crippen LogP contribution in [0.25, 0.3) is 0 Å². The predicted molar refractivity (Wildman–Crippen MR) is 68.9 cm³/mol. The second-order valence-electron chi connectivity index (χ2n) is 5.22. The first-order chi connectivity index (χ1) is 8.74. The fourth-order valence-corrected chi connectivity index (χ4v) is 3.03. The van der Waals surface area contributed by atoms with Gasteiger partial charge < -0.3 is 14.8 Å². The average Bonchev–Trinajstić information content (AvgIpc) is 3.01. The van der Waals surface area contributed by atoms with Crippen LogP contribution in [0.2, 0.25) is 0 Å². The summed E-state index contributed by atoms with van der Waals surface area (Å²) in [6.45, 7) is 0.708. The SMILES string of the molecule is COC(CCCNC(=O)C1C[C@H]2C=C[C@@H]1C2)OC. The van der Waals surface area contributed by atoms with Crippen LogP contribution in [-0.4, -0.2) is 33.0 Å². The zero-order chi connectivity index (χ0) is 13.0. The Kier molecular flexibility index (Phi) is 4.78. The maximum Gasteiger partial charge on any atom is 0.223 e. The molecule has 0 aliphatic heterocycles. The summed E-state index contributed by atoms with van der Waals surface area (Å²) in [7, 11) is 3.27. The molecule has 0 aromatic carbocycles. The van der Waals surface area contributed by atoms with Crippen molar-refractivity contribution in [1.82, 2.24) is 5.32 Å². The Morgan fingerprint density at radius 2 is 2.11 bits per heavy atom. The molecule has 4 heteroatoms. The van der Waals surface area contributed by atoms with E-state index in [1.54, 1.807) is 14.2 Å². The zero-order valence-electron chi connectivity index (χ0n) is 11.2. The number of methoxy groups -OCH3 is 2. The third-order valence-corrected chi connectivity index (χ3v) is 4.06. The van der Waals surface area contributed by atoms with Crippen molar-refractivity contribution in [1.29, 1.82) is 0 Å². The number of nitrogens with one attached hydrogen (secondary N) is 1. The van der Waals surface area contributed by atoms with Gasteiger partial charge in [0.05, 0.1) is 0 Å². The molecule has 2 aliphatic carbocycles. The number of carbonyl (C=O) groups excluding carboxylic acids is 1. The summed E-state index contributed by atoms with van der Waals surface area (Å²) in [4.78, 5) is 12.0. The Labute approximate surface area is 109 Å². The smallest absolute Gasteiger partial charge is 0.223 e. The Morgan fingerprint density at radius 1 is 1.33 bits per heavy atom. The first-order valence-corrected chi connectivity index (χ1v) is 6.76. The lowest BCUT2D eigenvalue weighted by Crippen LogP contribution is -2.33. The van der Waals surface area contributed by atoms with E-state index in [-0.39, 0.29) is 18.1 Å². The van der Waals surface area contributed by atoms with Crippen molar-refractivity contribution in [3.8, 4) is 0 Å². The van der Waals surface area contributed by atoms with Crippen LogP contribution in [0.5, 0.6) is 0 Å². The van der Waals surface area contributed by atoms with Gasteiger partial charge in [-0.3, -0.25) is 4.79 Å². The van der Waals surface area contributed by atoms with Crippen molar-refractivity contribution in [2.45, 2.75) is 32.0 Å². The molecule has 2 bridgehead atoms. The van der Waals surface area contributed by atoms with Crippen LogP contribution in [0, 0.1) is 17.8 Å². The molecule has 0 spiro atoms. The molecule has 1 unspecified atom stereocenters. The van der Waals surface area contributed by atoms with Gasteiger partial charge in [0.2, 0.25) is 5.91 Å². The summed E-state index contributed by atoms with van der Waals surface area (Å²) >= 11 is 0. The lowest BCUT2D eigenvalue weighted by Gasteiger charge is -2.18. The zero-order valence-corrected chi connectivity index (χ0v) is 11.2. The summed E-state index contributed by atoms with van der Waals surface area (Å²) in [5, 5.41) is 3.03. The van der Waals surface area contributed by atoms with E-state index >= 15 is 0 Å². The molecule has 102 valence electrons. The van der Waals surface area contributed by atoms with Gasteiger partial charge >= 0.3 is 0 Å². The summed E-state index contributed by atoms with van der Waals surface area (Å²) in [6, 6.07) is 0. The number of carbonyl (C=O) groups is 1. The summed E-state index contributed by atoms with van der Waals surface area (Å²) < 4.78 is 10.2. The highest BCUT2D eigenvalue weighted by Crippen LogP contribution is 2.43. The highest BCUT2D eigenvalue weighted by molar-refractivity contribution is 5.79. The van der Waals surface area contributed by atoms with Gasteiger partial charge in [-0.25, -0.2) is 0 Å². The van der Waals surface area contributed by atoms with Gasteiger partial charge in [0, 0.05) is 33.1 Å². The van der Waals surface area contributed by atoms with Gasteiger partial charge in [0.25, 0.3) is 0 Å². The molecule has 4 nitrogen and oxygen atoms in total. The summed E-state index contributed by atoms with van der Waals surface area (Å²) in [6.07, 6.45) is 8.21. The van der Waals surface area contributed by atoms with Crippen molar-refractivity contribution in [2.75, 3.05) is 20.8 Å². The van der Waals surface area contributed by atoms with Crippen LogP contribution in [0.15, 0.2) is 12.2 Å². The van der Waals surface area contributed by atoms with Crippen molar-refractivity contribution < 1.29 is 14.3 Å². The number of rotatable bonds is 7. The van der Waals surface area contributed by atoms with Gasteiger partial charge in [0.1, 0.15) is 0 Å². The molecule has 1 fully saturated rings. The van der Waals surface area contributed by atoms with Crippen LogP contribution < -0.4 is 5.32 Å². The number of amides is 1. The minimum absolute atomic E-state index is 0.160. The topological polar surface area (TPSA) is 47.6 Å². The maximum atomic E-state index is 12.0. The van der Waals surface area contributed by atoms with Crippen LogP contribution in [0.4, 0.5) is 0 Å². The molecule has 18 heavy (non-hydrogen) atoms. The van der Waals surface area contributed by atoms with Gasteiger partial charge in [-0.15, -0.1) is 0 Å². The van der Waals surface area contributed by atoms with Gasteiger partial charge in [-0.05, 0) is 31.1 Å². The van der Waals surface area contributed by atoms with E-state index in [9.17, 15) is 4.79 Å². The van der Waals surface area contributed by atoms with E-state index in [0.717, 1.165) is 19.3 Å². The fraction of sp³-hybridized carbons (Fsp3) is 0.786. The minimum atomic E-state index is -0.160. The monoisotopic (exact) mass is 253 g/mol. The molecule has 1 saturated carbocycles. The Bertz CT molecular complexity index is 312. The van der Waals surface area contributed by atoms with Crippen molar-refractivity contribution in [3.63, 3.8) is 0 Å². The quantitative estimate of drug-likeness (QED) is 0.427. The minimum Gasteiger partial charge on any atom is -0.356 e. The van der Waals surface area contributed by atoms with Crippen molar-refractivity contribution in [3.05, 3.63) is 12.2 Å². The lowest BCUT2D eigenvalue weighted by atomic mass is 9.93. The molecule has 2 rings (SSSR count). The highest BCUT2D eigenvalue weighted by atomic mass is 16.7. The van der Waals surface area contributed by atoms with Gasteiger partial charge in [-0.2, -0.15) is 0 Å². The predicted octanol–water partition coefficient (Wildman–Crippen LogP) is 1.71. The molecule has 1 N–H and O–H groups in total. The molecule has 0 radical (unpaired) electrons. The average molecular weight is 253 g/mol. The first kappa shape index (κ1) is 13.6. The molecule has 0 aromatic rings. The standard InChI is InChI=1S/C14H23NO3/c1-17-13(18-2)4-3-7-15-14(16)12-9-10-5-6-11(12)8-10/h5-6,10-13H,3-4,7-9H2,1-2H3,(H,15,16)/t10-,11+,12?/m0/s1.